The Morgan fingerprint density at radius 3 is 1.49 bits per heavy atom. The molecule has 0 spiro atoms. The van der Waals surface area contributed by atoms with Crippen molar-refractivity contribution in [1.29, 1.82) is 0 Å². The Balaban J connectivity index is 2.15. The number of hydrogen-bond acceptors (Lipinski definition) is 15. The van der Waals surface area contributed by atoms with Gasteiger partial charge in [-0.2, -0.15) is 0 Å². The van der Waals surface area contributed by atoms with Gasteiger partial charge in [0.1, 0.15) is 5.78 Å². The lowest BCUT2D eigenvalue weighted by Gasteiger charge is -2.27. The van der Waals surface area contributed by atoms with E-state index < -0.39 is 5.60 Å². The average Bonchev–Trinajstić information content (AvgIpc) is 3.51. The number of rotatable bonds is 43. The molecule has 0 aromatic rings. The predicted octanol–water partition coefficient (Wildman–Crippen LogP) is 2.82. The van der Waals surface area contributed by atoms with Crippen LogP contribution in [0.1, 0.15) is 100 Å². The Morgan fingerprint density at radius 2 is 1.04 bits per heavy atom. The first kappa shape index (κ1) is 61.7. The highest BCUT2D eigenvalue weighted by Gasteiger charge is 2.35. The highest BCUT2D eigenvalue weighted by Crippen LogP contribution is 2.20. The number of carbonyl (C=O) groups excluding carboxylic acids is 6. The van der Waals surface area contributed by atoms with E-state index in [1.807, 2.05) is 27.7 Å². The smallest absolute Gasteiger partial charge is 0.314 e. The molecule has 0 saturated carbocycles. The molecular weight excluding hydrogens is 875 g/mol. The summed E-state index contributed by atoms with van der Waals surface area (Å²) < 4.78 is 50.5. The third kappa shape index (κ3) is 34.6. The molecule has 1 heterocycles. The number of ketones is 1. The first-order chi connectivity index (χ1) is 31.9. The van der Waals surface area contributed by atoms with Gasteiger partial charge in [-0.3, -0.25) is 28.9 Å². The summed E-state index contributed by atoms with van der Waals surface area (Å²) in [5.74, 6) is -1.40. The number of Topliss-reactive ketones (excluding diaryl/α,β-unsaturated/α-hetero) is 1. The van der Waals surface area contributed by atoms with Crippen molar-refractivity contribution in [3.8, 4) is 0 Å². The molecule has 3 unspecified atom stereocenters. The summed E-state index contributed by atoms with van der Waals surface area (Å²) in [6.07, 6.45) is 2.35. The Bertz CT molecular complexity index is 1380. The molecule has 0 radical (unpaired) electrons. The lowest BCUT2D eigenvalue weighted by atomic mass is 9.95. The van der Waals surface area contributed by atoms with Crippen LogP contribution in [0.2, 0.25) is 0 Å². The fourth-order valence-electron chi connectivity index (χ4n) is 6.25. The van der Waals surface area contributed by atoms with Gasteiger partial charge in [0.15, 0.2) is 0 Å². The molecule has 1 aliphatic heterocycles. The minimum Gasteiger partial charge on any atom is -0.379 e. The van der Waals surface area contributed by atoms with Gasteiger partial charge in [0.25, 0.3) is 0 Å². The molecule has 1 fully saturated rings. The van der Waals surface area contributed by atoms with Crippen molar-refractivity contribution in [2.24, 2.45) is 17.3 Å². The number of likely N-dealkylation sites (tertiary alicyclic amines) is 1. The van der Waals surface area contributed by atoms with Crippen molar-refractivity contribution < 1.29 is 71.4 Å². The largest absolute Gasteiger partial charge is 0.379 e. The summed E-state index contributed by atoms with van der Waals surface area (Å²) in [5, 5.41) is 11.4. The number of carbonyl (C=O) groups is 6. The van der Waals surface area contributed by atoms with Gasteiger partial charge in [-0.1, -0.05) is 27.7 Å². The van der Waals surface area contributed by atoms with Gasteiger partial charge in [0, 0.05) is 89.6 Å². The molecule has 20 heteroatoms. The summed E-state index contributed by atoms with van der Waals surface area (Å²) in [6, 6.07) is -0.309. The Kier molecular flexibility index (Phi) is 34.6. The lowest BCUT2D eigenvalue weighted by molar-refractivity contribution is -0.139. The van der Waals surface area contributed by atoms with Crippen LogP contribution in [0.4, 0.5) is 4.79 Å². The molecule has 20 nitrogen and oxygen atoms in total. The maximum Gasteiger partial charge on any atom is 0.314 e. The van der Waals surface area contributed by atoms with E-state index in [9.17, 15) is 28.8 Å². The summed E-state index contributed by atoms with van der Waals surface area (Å²) in [6.45, 7) is 23.2. The van der Waals surface area contributed by atoms with Gasteiger partial charge < -0.3 is 63.9 Å². The van der Waals surface area contributed by atoms with Crippen molar-refractivity contribution in [2.75, 3.05) is 138 Å². The predicted molar refractivity (Wildman–Crippen MR) is 250 cm³/mol. The van der Waals surface area contributed by atoms with E-state index in [-0.39, 0.29) is 91.1 Å². The molecule has 0 aromatic carbocycles. The van der Waals surface area contributed by atoms with Crippen LogP contribution >= 0.6 is 0 Å². The first-order valence-corrected chi connectivity index (χ1v) is 24.1. The molecule has 67 heavy (non-hydrogen) atoms. The second kappa shape index (κ2) is 37.5. The standard InChI is InChI=1S/C47H87N5O15/c1-9-48-41(54)14-19-61-24-28-65-32-30-63-26-22-59-17-12-39(40(53)10-16-52-43(56)34-37(2)44(52)57)13-18-60-23-27-64-31-33-66-29-25-62-20-15-42(55)51-38(3)11-21-67-47(7,8)36-50-45(58)49-35-46(4,5)6/h37-39H,9-36H2,1-8H3,(H,48,54)(H,51,55)(H2,49,50,58). The second-order valence-electron chi connectivity index (χ2n) is 18.3. The maximum absolute atomic E-state index is 13.2. The molecule has 0 aromatic heterocycles. The van der Waals surface area contributed by atoms with Crippen molar-refractivity contribution in [1.82, 2.24) is 26.2 Å². The van der Waals surface area contributed by atoms with Crippen LogP contribution in [0.3, 0.4) is 0 Å². The minimum absolute atomic E-state index is 0.00115. The SMILES string of the molecule is CCNC(=O)CCOCCOCCOCCOCCC(CCOCCOCCOCCOCCC(=O)NC(C)CCOC(C)(C)CNC(=O)NCC(C)(C)C)C(=O)CCN1C(=O)CC(C)C1=O. The molecule has 0 bridgehead atoms. The molecule has 0 aliphatic carbocycles. The lowest BCUT2D eigenvalue weighted by Crippen LogP contribution is -2.46. The molecular formula is C47H87N5O15. The number of nitrogens with zero attached hydrogens (tertiary/aromatic N) is 1. The summed E-state index contributed by atoms with van der Waals surface area (Å²) in [4.78, 5) is 74.8. The van der Waals surface area contributed by atoms with Crippen molar-refractivity contribution in [3.05, 3.63) is 0 Å². The fraction of sp³-hybridized carbons (Fsp3) is 0.872. The van der Waals surface area contributed by atoms with Gasteiger partial charge in [0.2, 0.25) is 23.6 Å². The van der Waals surface area contributed by atoms with Crippen LogP contribution in [0, 0.1) is 17.3 Å². The van der Waals surface area contributed by atoms with Gasteiger partial charge in [0.05, 0.1) is 98.1 Å². The van der Waals surface area contributed by atoms with E-state index in [2.05, 4.69) is 42.0 Å². The number of urea groups is 1. The quantitative estimate of drug-likeness (QED) is 0.0508. The first-order valence-electron chi connectivity index (χ1n) is 24.1. The van der Waals surface area contributed by atoms with Crippen LogP contribution < -0.4 is 21.3 Å². The van der Waals surface area contributed by atoms with E-state index in [4.69, 9.17) is 42.6 Å². The monoisotopic (exact) mass is 962 g/mol. The minimum atomic E-state index is -0.554. The van der Waals surface area contributed by atoms with E-state index in [1.54, 1.807) is 6.92 Å². The molecule has 6 amide bonds. The summed E-state index contributed by atoms with van der Waals surface area (Å²) in [7, 11) is 0. The maximum atomic E-state index is 13.2. The second-order valence-corrected chi connectivity index (χ2v) is 18.3. The highest BCUT2D eigenvalue weighted by atomic mass is 16.6. The number of imide groups is 1. The summed E-state index contributed by atoms with van der Waals surface area (Å²) in [5.41, 5.74) is -0.555. The van der Waals surface area contributed by atoms with Crippen LogP contribution in [-0.2, 0) is 66.6 Å². The highest BCUT2D eigenvalue weighted by molar-refractivity contribution is 6.03. The van der Waals surface area contributed by atoms with E-state index in [0.29, 0.717) is 151 Å². The Hall–Kier alpha value is -3.34. The zero-order valence-corrected chi connectivity index (χ0v) is 42.1. The third-order valence-electron chi connectivity index (χ3n) is 10.2. The Labute approximate surface area is 399 Å². The number of amides is 6. The van der Waals surface area contributed by atoms with Gasteiger partial charge in [-0.05, 0) is 52.4 Å². The van der Waals surface area contributed by atoms with Crippen molar-refractivity contribution >= 4 is 35.4 Å². The molecule has 1 rings (SSSR count). The van der Waals surface area contributed by atoms with Crippen LogP contribution in [-0.4, -0.2) is 190 Å². The summed E-state index contributed by atoms with van der Waals surface area (Å²) >= 11 is 0. The molecule has 390 valence electrons. The number of ether oxygens (including phenoxy) is 9. The van der Waals surface area contributed by atoms with Gasteiger partial charge in [-0.25, -0.2) is 4.79 Å². The third-order valence-corrected chi connectivity index (χ3v) is 10.2. The van der Waals surface area contributed by atoms with E-state index >= 15 is 0 Å². The van der Waals surface area contributed by atoms with Crippen LogP contribution in [0.25, 0.3) is 0 Å². The van der Waals surface area contributed by atoms with Crippen LogP contribution in [0.5, 0.6) is 0 Å². The molecule has 1 saturated heterocycles. The number of nitrogens with one attached hydrogen (secondary N) is 4. The van der Waals surface area contributed by atoms with Crippen molar-refractivity contribution in [3.63, 3.8) is 0 Å². The fourth-order valence-corrected chi connectivity index (χ4v) is 6.25. The van der Waals surface area contributed by atoms with E-state index in [0.717, 1.165) is 0 Å². The molecule has 1 aliphatic rings. The Morgan fingerprint density at radius 1 is 0.597 bits per heavy atom. The average molecular weight is 962 g/mol. The van der Waals surface area contributed by atoms with Crippen LogP contribution in [0.15, 0.2) is 0 Å². The topological polar surface area (TPSA) is 237 Å². The van der Waals surface area contributed by atoms with Gasteiger partial charge >= 0.3 is 6.03 Å². The zero-order chi connectivity index (χ0) is 49.8. The zero-order valence-electron chi connectivity index (χ0n) is 42.1. The molecule has 4 N–H and O–H groups in total. The molecule has 3 atom stereocenters. The number of hydrogen-bond donors (Lipinski definition) is 4. The normalized spacial score (nSPS) is 15.2. The van der Waals surface area contributed by atoms with Crippen molar-refractivity contribution in [2.45, 2.75) is 112 Å². The van der Waals surface area contributed by atoms with E-state index in [1.165, 1.54) is 4.90 Å². The van der Waals surface area contributed by atoms with Gasteiger partial charge in [-0.15, -0.1) is 0 Å².